The molecule has 0 aromatic rings. The predicted molar refractivity (Wildman–Crippen MR) is 50.3 cm³/mol. The second kappa shape index (κ2) is 18.1. The van der Waals surface area contributed by atoms with Crippen molar-refractivity contribution in [1.29, 1.82) is 0 Å². The largest absolute Gasteiger partial charge is 0.481 e. The zero-order valence-electron chi connectivity index (χ0n) is 8.22. The van der Waals surface area contributed by atoms with Crippen LogP contribution in [0.25, 0.3) is 0 Å². The van der Waals surface area contributed by atoms with Crippen LogP contribution in [0.15, 0.2) is 0 Å². The Kier molecular flexibility index (Phi) is 30.0. The molecule has 0 saturated carbocycles. The van der Waals surface area contributed by atoms with Crippen LogP contribution < -0.4 is 0 Å². The SMILES string of the molecule is CC(=O)O.CC(=O)O.CCC(=O)O.[Sb]. The van der Waals surface area contributed by atoms with Crippen LogP contribution in [0.2, 0.25) is 0 Å². The van der Waals surface area contributed by atoms with Gasteiger partial charge in [-0.25, -0.2) is 0 Å². The fourth-order valence-electron chi connectivity index (χ4n) is 0. The number of carboxylic acids is 3. The van der Waals surface area contributed by atoms with Crippen LogP contribution in [-0.2, 0) is 14.4 Å². The number of carbonyl (C=O) groups is 3. The van der Waals surface area contributed by atoms with Gasteiger partial charge in [-0.1, -0.05) is 6.92 Å². The van der Waals surface area contributed by atoms with Gasteiger partial charge < -0.3 is 15.3 Å². The van der Waals surface area contributed by atoms with Gasteiger partial charge in [0.05, 0.1) is 0 Å². The minimum Gasteiger partial charge on any atom is -0.481 e. The van der Waals surface area contributed by atoms with Crippen LogP contribution in [0.4, 0.5) is 0 Å². The fraction of sp³-hybridized carbons (Fsp3) is 0.571. The van der Waals surface area contributed by atoms with Crippen LogP contribution in [0.1, 0.15) is 27.2 Å². The average Bonchev–Trinajstić information content (AvgIpc) is 1.84. The minimum absolute atomic E-state index is 0. The molecule has 6 nitrogen and oxygen atoms in total. The van der Waals surface area contributed by atoms with Crippen molar-refractivity contribution < 1.29 is 29.7 Å². The monoisotopic (exact) mass is 315 g/mol. The summed E-state index contributed by atoms with van der Waals surface area (Å²) in [7, 11) is 0. The maximum atomic E-state index is 9.37. The first-order chi connectivity index (χ1) is 5.73. The first kappa shape index (κ1) is 23.2. The Morgan fingerprint density at radius 2 is 1.00 bits per heavy atom. The predicted octanol–water partition coefficient (Wildman–Crippen LogP) is 0.282. The average molecular weight is 316 g/mol. The van der Waals surface area contributed by atoms with E-state index in [2.05, 4.69) is 0 Å². The topological polar surface area (TPSA) is 112 Å². The van der Waals surface area contributed by atoms with Gasteiger partial charge in [0, 0.05) is 44.7 Å². The molecule has 0 atom stereocenters. The van der Waals surface area contributed by atoms with Crippen LogP contribution in [0, 0.1) is 0 Å². The van der Waals surface area contributed by atoms with Gasteiger partial charge in [0.2, 0.25) is 0 Å². The van der Waals surface area contributed by atoms with Crippen LogP contribution in [-0.4, -0.2) is 57.7 Å². The summed E-state index contributed by atoms with van der Waals surface area (Å²) in [4.78, 5) is 27.4. The molecule has 0 saturated heterocycles. The second-order valence-corrected chi connectivity index (χ2v) is 1.79. The summed E-state index contributed by atoms with van der Waals surface area (Å²) in [6, 6.07) is 0. The van der Waals surface area contributed by atoms with E-state index in [0.717, 1.165) is 13.8 Å². The summed E-state index contributed by atoms with van der Waals surface area (Å²) in [6.45, 7) is 3.77. The van der Waals surface area contributed by atoms with Crippen molar-refractivity contribution in [2.75, 3.05) is 0 Å². The third kappa shape index (κ3) is 779. The van der Waals surface area contributed by atoms with Gasteiger partial charge >= 0.3 is 5.97 Å². The molecule has 0 aliphatic heterocycles. The van der Waals surface area contributed by atoms with Crippen molar-refractivity contribution >= 4 is 42.3 Å². The van der Waals surface area contributed by atoms with E-state index in [1.165, 1.54) is 0 Å². The van der Waals surface area contributed by atoms with Crippen molar-refractivity contribution in [3.8, 4) is 0 Å². The van der Waals surface area contributed by atoms with Crippen LogP contribution in [0.5, 0.6) is 0 Å². The van der Waals surface area contributed by atoms with E-state index in [9.17, 15) is 4.79 Å². The molecule has 14 heavy (non-hydrogen) atoms. The smallest absolute Gasteiger partial charge is 0.303 e. The summed E-state index contributed by atoms with van der Waals surface area (Å²) >= 11 is 0. The maximum absolute atomic E-state index is 9.37. The molecule has 0 bridgehead atoms. The van der Waals surface area contributed by atoms with Gasteiger partial charge in [-0.15, -0.1) is 0 Å². The Labute approximate surface area is 99.4 Å². The summed E-state index contributed by atoms with van der Waals surface area (Å²) in [6.07, 6.45) is 0.222. The van der Waals surface area contributed by atoms with Crippen molar-refractivity contribution in [2.24, 2.45) is 0 Å². The number of aliphatic carboxylic acids is 3. The van der Waals surface area contributed by atoms with Crippen molar-refractivity contribution in [3.63, 3.8) is 0 Å². The molecule has 0 rings (SSSR count). The van der Waals surface area contributed by atoms with E-state index in [1.54, 1.807) is 6.92 Å². The Balaban J connectivity index is -0.0000000522. The zero-order chi connectivity index (χ0) is 11.4. The molecule has 0 fully saturated rings. The first-order valence-electron chi connectivity index (χ1n) is 3.34. The van der Waals surface area contributed by atoms with Gasteiger partial charge in [-0.2, -0.15) is 0 Å². The molecule has 0 aliphatic rings. The minimum atomic E-state index is -0.833. The van der Waals surface area contributed by atoms with E-state index in [-0.39, 0.29) is 30.8 Å². The summed E-state index contributed by atoms with van der Waals surface area (Å²) < 4.78 is 0. The number of hydrogen-bond donors (Lipinski definition) is 3. The molecule has 3 radical (unpaired) electrons. The number of rotatable bonds is 1. The van der Waals surface area contributed by atoms with Gasteiger partial charge in [0.15, 0.2) is 0 Å². The zero-order valence-corrected chi connectivity index (χ0v) is 10.8. The van der Waals surface area contributed by atoms with Crippen LogP contribution >= 0.6 is 0 Å². The van der Waals surface area contributed by atoms with Crippen molar-refractivity contribution in [2.45, 2.75) is 27.2 Å². The standard InChI is InChI=1S/C3H6O2.2C2H4O2.Sb/c1-2-3(4)5;2*1-2(3)4;/h2H2,1H3,(H,4,5);2*1H3,(H,3,4);. The second-order valence-electron chi connectivity index (χ2n) is 1.79. The van der Waals surface area contributed by atoms with Crippen molar-refractivity contribution in [1.82, 2.24) is 0 Å². The van der Waals surface area contributed by atoms with E-state index < -0.39 is 17.9 Å². The molecule has 0 aromatic carbocycles. The molecule has 0 aliphatic carbocycles. The quantitative estimate of drug-likeness (QED) is 0.599. The molecular weight excluding hydrogens is 302 g/mol. The molecule has 0 unspecified atom stereocenters. The van der Waals surface area contributed by atoms with Gasteiger partial charge in [0.1, 0.15) is 0 Å². The normalized spacial score (nSPS) is 6.21. The molecule has 7 heteroatoms. The molecule has 83 valence electrons. The maximum Gasteiger partial charge on any atom is 0.303 e. The summed E-state index contributed by atoms with van der Waals surface area (Å²) in [5.74, 6) is -2.41. The molecule has 0 spiro atoms. The van der Waals surface area contributed by atoms with Gasteiger partial charge in [0.25, 0.3) is 11.9 Å². The third-order valence-corrected chi connectivity index (χ3v) is 0.302. The molecule has 3 N–H and O–H groups in total. The Morgan fingerprint density at radius 3 is 1.00 bits per heavy atom. The van der Waals surface area contributed by atoms with E-state index in [0.29, 0.717) is 0 Å². The number of carboxylic acid groups (broad SMARTS) is 3. The van der Waals surface area contributed by atoms with Gasteiger partial charge in [-0.3, -0.25) is 14.4 Å². The van der Waals surface area contributed by atoms with Crippen molar-refractivity contribution in [3.05, 3.63) is 0 Å². The van der Waals surface area contributed by atoms with Gasteiger partial charge in [-0.05, 0) is 0 Å². The Morgan fingerprint density at radius 1 is 0.929 bits per heavy atom. The third-order valence-electron chi connectivity index (χ3n) is 0.302. The number of hydrogen-bond acceptors (Lipinski definition) is 3. The fourth-order valence-corrected chi connectivity index (χ4v) is 0. The Hall–Kier alpha value is -0.772. The molecule has 0 heterocycles. The first-order valence-corrected chi connectivity index (χ1v) is 3.34. The van der Waals surface area contributed by atoms with E-state index in [4.69, 9.17) is 24.9 Å². The molecular formula is C7H14O6Sb. The van der Waals surface area contributed by atoms with E-state index in [1.807, 2.05) is 0 Å². The van der Waals surface area contributed by atoms with E-state index >= 15 is 0 Å². The van der Waals surface area contributed by atoms with Crippen LogP contribution in [0.3, 0.4) is 0 Å². The Bertz CT molecular complexity index is 148. The summed E-state index contributed by atoms with van der Waals surface area (Å²) in [5, 5.41) is 22.6. The molecule has 0 aromatic heterocycles. The molecule has 0 amide bonds. The summed E-state index contributed by atoms with van der Waals surface area (Å²) in [5.41, 5.74) is 0.